The Morgan fingerprint density at radius 1 is 1.16 bits per heavy atom. The highest BCUT2D eigenvalue weighted by Crippen LogP contribution is 2.38. The number of nitrogens with zero attached hydrogens (tertiary/aromatic N) is 4. The third-order valence-corrected chi connectivity index (χ3v) is 7.72. The summed E-state index contributed by atoms with van der Waals surface area (Å²) in [4.78, 5) is 36.4. The number of imidazole rings is 1. The van der Waals surface area contributed by atoms with E-state index in [4.69, 9.17) is 10.7 Å². The molecule has 11 heteroatoms. The molecule has 3 aliphatic rings. The Hall–Kier alpha value is -4.28. The van der Waals surface area contributed by atoms with Gasteiger partial charge in [-0.15, -0.1) is 0 Å². The monoisotopic (exact) mass is 519 g/mol. The van der Waals surface area contributed by atoms with Crippen molar-refractivity contribution in [1.29, 1.82) is 0 Å². The lowest BCUT2D eigenvalue weighted by molar-refractivity contribution is -0.130. The van der Waals surface area contributed by atoms with E-state index in [-0.39, 0.29) is 17.4 Å². The lowest BCUT2D eigenvalue weighted by Crippen LogP contribution is -2.52. The van der Waals surface area contributed by atoms with E-state index in [1.165, 1.54) is 24.6 Å². The molecule has 1 aromatic carbocycles. The van der Waals surface area contributed by atoms with Crippen molar-refractivity contribution in [2.75, 3.05) is 12.3 Å². The molecule has 0 saturated carbocycles. The summed E-state index contributed by atoms with van der Waals surface area (Å²) in [5.41, 5.74) is 6.60. The number of carbonyl (C=O) groups excluding carboxylic acids is 2. The molecule has 6 rings (SSSR count). The summed E-state index contributed by atoms with van der Waals surface area (Å²) >= 11 is 0. The van der Waals surface area contributed by atoms with Crippen LogP contribution in [-0.2, 0) is 4.79 Å². The SMILES string of the molecule is Nc1nccn2c([C@@H]3CC[C@H]4CCC(=O)N4C3)nc(-c3ccc(C(=O)NC4(C(F)F)C=CNC=C4)cc3)c12. The highest BCUT2D eigenvalue weighted by atomic mass is 19.3. The molecule has 2 aromatic heterocycles. The first kappa shape index (κ1) is 24.1. The van der Waals surface area contributed by atoms with Crippen LogP contribution in [0.15, 0.2) is 61.2 Å². The summed E-state index contributed by atoms with van der Waals surface area (Å²) in [6, 6.07) is 6.90. The molecule has 0 unspecified atom stereocenters. The third kappa shape index (κ3) is 3.98. The van der Waals surface area contributed by atoms with Crippen LogP contribution in [-0.4, -0.2) is 55.6 Å². The summed E-state index contributed by atoms with van der Waals surface area (Å²) in [6.07, 6.45) is 9.16. The van der Waals surface area contributed by atoms with E-state index >= 15 is 0 Å². The number of nitrogen functional groups attached to an aromatic ring is 1. The molecular weight excluding hydrogens is 492 g/mol. The first-order chi connectivity index (χ1) is 18.4. The van der Waals surface area contributed by atoms with Gasteiger partial charge in [0.25, 0.3) is 12.3 Å². The number of hydrogen-bond acceptors (Lipinski definition) is 6. The number of hydrogen-bond donors (Lipinski definition) is 3. The quantitative estimate of drug-likeness (QED) is 0.477. The van der Waals surface area contributed by atoms with Crippen molar-refractivity contribution in [2.45, 2.75) is 49.6 Å². The number of aromatic nitrogens is 3. The van der Waals surface area contributed by atoms with Crippen LogP contribution >= 0.6 is 0 Å². The van der Waals surface area contributed by atoms with Crippen molar-refractivity contribution in [2.24, 2.45) is 0 Å². The Balaban J connectivity index is 1.31. The number of rotatable bonds is 5. The summed E-state index contributed by atoms with van der Waals surface area (Å²) in [5, 5.41) is 5.13. The number of halogens is 2. The van der Waals surface area contributed by atoms with Gasteiger partial charge >= 0.3 is 0 Å². The fourth-order valence-electron chi connectivity index (χ4n) is 5.67. The topological polar surface area (TPSA) is 118 Å². The number of nitrogens with one attached hydrogen (secondary N) is 2. The number of anilines is 1. The van der Waals surface area contributed by atoms with Gasteiger partial charge in [-0.1, -0.05) is 12.1 Å². The van der Waals surface area contributed by atoms with Gasteiger partial charge in [-0.3, -0.25) is 14.0 Å². The number of nitrogens with two attached hydrogens (primary N) is 1. The molecule has 38 heavy (non-hydrogen) atoms. The Bertz CT molecular complexity index is 1450. The zero-order valence-electron chi connectivity index (χ0n) is 20.5. The van der Waals surface area contributed by atoms with Crippen LogP contribution in [0.3, 0.4) is 0 Å². The van der Waals surface area contributed by atoms with E-state index in [1.54, 1.807) is 30.5 Å². The van der Waals surface area contributed by atoms with Crippen LogP contribution in [0.4, 0.5) is 14.6 Å². The standard InChI is InChI=1S/C27H27F2N7O2/c28-26(29)27(9-11-31-12-10-27)34-25(38)17-3-1-16(2-4-17)21-22-23(30)32-13-14-35(22)24(33-21)18-5-6-19-7-8-20(37)36(19)15-18/h1-4,9-14,18-19,26,31H,5-8,15H2,(H2,30,32)(H,34,38)/t18-,19+/m1/s1. The molecular formula is C27H27F2N7O2. The number of dihydropyridines is 1. The molecule has 5 heterocycles. The maximum absolute atomic E-state index is 13.8. The highest BCUT2D eigenvalue weighted by molar-refractivity contribution is 5.96. The second-order valence-electron chi connectivity index (χ2n) is 9.96. The Kier molecular flexibility index (Phi) is 5.85. The third-order valence-electron chi connectivity index (χ3n) is 7.72. The van der Waals surface area contributed by atoms with Crippen molar-refractivity contribution in [3.63, 3.8) is 0 Å². The largest absolute Gasteiger partial charge is 0.382 e. The summed E-state index contributed by atoms with van der Waals surface area (Å²) < 4.78 is 29.5. The van der Waals surface area contributed by atoms with Gasteiger partial charge in [-0.2, -0.15) is 0 Å². The lowest BCUT2D eigenvalue weighted by Gasteiger charge is -2.34. The zero-order chi connectivity index (χ0) is 26.4. The molecule has 2 fully saturated rings. The lowest BCUT2D eigenvalue weighted by atomic mass is 9.92. The van der Waals surface area contributed by atoms with Gasteiger partial charge in [0.15, 0.2) is 0 Å². The normalized spacial score (nSPS) is 22.1. The number of alkyl halides is 2. The molecule has 0 radical (unpaired) electrons. The van der Waals surface area contributed by atoms with Gasteiger partial charge in [0.1, 0.15) is 28.4 Å². The number of amides is 2. The van der Waals surface area contributed by atoms with Crippen molar-refractivity contribution in [3.8, 4) is 11.3 Å². The highest BCUT2D eigenvalue weighted by Gasteiger charge is 2.39. The van der Waals surface area contributed by atoms with Crippen molar-refractivity contribution < 1.29 is 18.4 Å². The molecule has 3 aromatic rings. The Labute approximate surface area is 217 Å². The molecule has 3 aliphatic heterocycles. The van der Waals surface area contributed by atoms with E-state index in [9.17, 15) is 18.4 Å². The van der Waals surface area contributed by atoms with Crippen LogP contribution in [0.5, 0.6) is 0 Å². The van der Waals surface area contributed by atoms with E-state index < -0.39 is 17.9 Å². The maximum atomic E-state index is 13.8. The molecule has 2 saturated heterocycles. The number of fused-ring (bicyclic) bond motifs is 2. The predicted octanol–water partition coefficient (Wildman–Crippen LogP) is 3.21. The first-order valence-electron chi connectivity index (χ1n) is 12.6. The molecule has 2 amide bonds. The predicted molar refractivity (Wildman–Crippen MR) is 137 cm³/mol. The zero-order valence-corrected chi connectivity index (χ0v) is 20.5. The molecule has 196 valence electrons. The second kappa shape index (κ2) is 9.23. The van der Waals surface area contributed by atoms with Gasteiger partial charge in [0.2, 0.25) is 5.91 Å². The van der Waals surface area contributed by atoms with Crippen molar-refractivity contribution in [1.82, 2.24) is 29.9 Å². The second-order valence-corrected chi connectivity index (χ2v) is 9.96. The van der Waals surface area contributed by atoms with Crippen LogP contribution in [0.2, 0.25) is 0 Å². The smallest absolute Gasteiger partial charge is 0.268 e. The average Bonchev–Trinajstić information content (AvgIpc) is 3.50. The summed E-state index contributed by atoms with van der Waals surface area (Å²) in [5.74, 6) is 0.749. The van der Waals surface area contributed by atoms with Crippen LogP contribution in [0.1, 0.15) is 47.8 Å². The summed E-state index contributed by atoms with van der Waals surface area (Å²) in [6.45, 7) is 0.619. The van der Waals surface area contributed by atoms with Gasteiger partial charge in [0, 0.05) is 48.4 Å². The minimum Gasteiger partial charge on any atom is -0.382 e. The minimum absolute atomic E-state index is 0.0537. The van der Waals surface area contributed by atoms with E-state index in [0.29, 0.717) is 41.6 Å². The van der Waals surface area contributed by atoms with Crippen LogP contribution in [0, 0.1) is 0 Å². The molecule has 4 N–H and O–H groups in total. The minimum atomic E-state index is -2.82. The number of benzene rings is 1. The first-order valence-corrected chi connectivity index (χ1v) is 12.6. The molecule has 0 aliphatic carbocycles. The van der Waals surface area contributed by atoms with E-state index in [2.05, 4.69) is 15.6 Å². The fourth-order valence-corrected chi connectivity index (χ4v) is 5.67. The van der Waals surface area contributed by atoms with E-state index in [1.807, 2.05) is 15.5 Å². The molecule has 9 nitrogen and oxygen atoms in total. The summed E-state index contributed by atoms with van der Waals surface area (Å²) in [7, 11) is 0. The van der Waals surface area contributed by atoms with Crippen LogP contribution in [0.25, 0.3) is 16.8 Å². The average molecular weight is 520 g/mol. The maximum Gasteiger partial charge on any atom is 0.268 e. The number of piperidine rings is 1. The van der Waals surface area contributed by atoms with Gasteiger partial charge in [0.05, 0.1) is 0 Å². The van der Waals surface area contributed by atoms with Crippen molar-refractivity contribution >= 4 is 23.1 Å². The fraction of sp³-hybridized carbons (Fsp3) is 0.333. The molecule has 2 atom stereocenters. The van der Waals surface area contributed by atoms with Crippen LogP contribution < -0.4 is 16.4 Å². The van der Waals surface area contributed by atoms with Crippen molar-refractivity contribution in [3.05, 3.63) is 72.6 Å². The number of carbonyl (C=O) groups is 2. The molecule has 0 spiro atoms. The van der Waals surface area contributed by atoms with Gasteiger partial charge in [-0.25, -0.2) is 18.7 Å². The van der Waals surface area contributed by atoms with Gasteiger partial charge < -0.3 is 21.3 Å². The van der Waals surface area contributed by atoms with Gasteiger partial charge in [-0.05, 0) is 55.9 Å². The Morgan fingerprint density at radius 3 is 2.66 bits per heavy atom. The molecule has 0 bridgehead atoms. The van der Waals surface area contributed by atoms with E-state index in [0.717, 1.165) is 25.1 Å². The Morgan fingerprint density at radius 2 is 1.92 bits per heavy atom.